The van der Waals surface area contributed by atoms with Gasteiger partial charge in [0, 0.05) is 13.6 Å². The van der Waals surface area contributed by atoms with Gasteiger partial charge < -0.3 is 20.1 Å². The summed E-state index contributed by atoms with van der Waals surface area (Å²) in [6, 6.07) is 22.9. The van der Waals surface area contributed by atoms with Gasteiger partial charge in [-0.3, -0.25) is 0 Å². The molecule has 0 aliphatic carbocycles. The van der Waals surface area contributed by atoms with Crippen molar-refractivity contribution in [2.75, 3.05) is 20.2 Å². The molecular weight excluding hydrogens is 432 g/mol. The van der Waals surface area contributed by atoms with E-state index in [-0.39, 0.29) is 11.8 Å². The van der Waals surface area contributed by atoms with Crippen LogP contribution in [0.1, 0.15) is 5.56 Å². The van der Waals surface area contributed by atoms with Crippen molar-refractivity contribution in [2.24, 2.45) is 0 Å². The molecule has 2 N–H and O–H groups in total. The van der Waals surface area contributed by atoms with Crippen LogP contribution >= 0.6 is 15.9 Å². The van der Waals surface area contributed by atoms with Gasteiger partial charge in [-0.15, -0.1) is 0 Å². The summed E-state index contributed by atoms with van der Waals surface area (Å²) in [5.41, 5.74) is 3.09. The number of rotatable bonds is 7. The first-order chi connectivity index (χ1) is 14.1. The zero-order valence-electron chi connectivity index (χ0n) is 16.1. The Balaban J connectivity index is 1.58. The molecule has 0 bridgehead atoms. The van der Waals surface area contributed by atoms with Crippen molar-refractivity contribution in [1.82, 2.24) is 10.2 Å². The Kier molecular flexibility index (Phi) is 7.14. The molecule has 0 heterocycles. The number of hydrogen-bond donors (Lipinski definition) is 2. The third-order valence-electron chi connectivity index (χ3n) is 4.48. The minimum absolute atomic E-state index is 0.134. The van der Waals surface area contributed by atoms with Gasteiger partial charge in [-0.2, -0.15) is 0 Å². The molecule has 6 heteroatoms. The highest BCUT2D eigenvalue weighted by Gasteiger charge is 2.12. The molecule has 0 saturated heterocycles. The van der Waals surface area contributed by atoms with E-state index in [4.69, 9.17) is 4.74 Å². The topological polar surface area (TPSA) is 61.8 Å². The lowest BCUT2D eigenvalue weighted by Crippen LogP contribution is -2.40. The first kappa shape index (κ1) is 20.7. The van der Waals surface area contributed by atoms with E-state index in [1.807, 2.05) is 66.7 Å². The van der Waals surface area contributed by atoms with Crippen LogP contribution in [0.3, 0.4) is 0 Å². The van der Waals surface area contributed by atoms with E-state index in [1.54, 1.807) is 18.0 Å². The third kappa shape index (κ3) is 5.74. The van der Waals surface area contributed by atoms with E-state index in [0.717, 1.165) is 22.4 Å². The summed E-state index contributed by atoms with van der Waals surface area (Å²) < 4.78 is 6.49. The zero-order valence-corrected chi connectivity index (χ0v) is 17.7. The first-order valence-electron chi connectivity index (χ1n) is 9.29. The average Bonchev–Trinajstić information content (AvgIpc) is 2.75. The second kappa shape index (κ2) is 9.98. The Morgan fingerprint density at radius 2 is 1.72 bits per heavy atom. The molecule has 0 aromatic heterocycles. The largest absolute Gasteiger partial charge is 0.507 e. The summed E-state index contributed by atoms with van der Waals surface area (Å²) in [6.07, 6.45) is 0. The Labute approximate surface area is 179 Å². The predicted octanol–water partition coefficient (Wildman–Crippen LogP) is 5.04. The molecule has 3 rings (SSSR count). The number of urea groups is 1. The number of nitrogens with one attached hydrogen (secondary N) is 1. The van der Waals surface area contributed by atoms with Crippen molar-refractivity contribution in [3.8, 4) is 22.6 Å². The lowest BCUT2D eigenvalue weighted by Gasteiger charge is -2.22. The smallest absolute Gasteiger partial charge is 0.317 e. The van der Waals surface area contributed by atoms with Crippen LogP contribution in [0.2, 0.25) is 0 Å². The molecule has 3 aromatic carbocycles. The Bertz CT molecular complexity index is 946. The highest BCUT2D eigenvalue weighted by molar-refractivity contribution is 9.10. The lowest BCUT2D eigenvalue weighted by molar-refractivity contribution is 0.181. The average molecular weight is 455 g/mol. The van der Waals surface area contributed by atoms with Crippen LogP contribution in [0.5, 0.6) is 11.5 Å². The number of phenols is 1. The van der Waals surface area contributed by atoms with Crippen LogP contribution in [0.25, 0.3) is 11.1 Å². The normalized spacial score (nSPS) is 10.4. The van der Waals surface area contributed by atoms with E-state index in [0.29, 0.717) is 24.2 Å². The van der Waals surface area contributed by atoms with Gasteiger partial charge in [-0.1, -0.05) is 48.5 Å². The van der Waals surface area contributed by atoms with E-state index in [1.165, 1.54) is 0 Å². The molecule has 29 heavy (non-hydrogen) atoms. The van der Waals surface area contributed by atoms with Crippen LogP contribution in [-0.4, -0.2) is 36.2 Å². The minimum atomic E-state index is -0.134. The molecule has 0 saturated carbocycles. The zero-order chi connectivity index (χ0) is 20.6. The Hall–Kier alpha value is -2.99. The van der Waals surface area contributed by atoms with Crippen LogP contribution in [-0.2, 0) is 6.54 Å². The van der Waals surface area contributed by atoms with Crippen molar-refractivity contribution in [3.05, 3.63) is 82.8 Å². The van der Waals surface area contributed by atoms with Crippen molar-refractivity contribution in [1.29, 1.82) is 0 Å². The maximum atomic E-state index is 12.1. The number of carbonyl (C=O) groups excluding carboxylic acids is 1. The highest BCUT2D eigenvalue weighted by Crippen LogP contribution is 2.30. The maximum absolute atomic E-state index is 12.1. The number of phenolic OH excluding ortho intramolecular Hbond substituents is 1. The summed E-state index contributed by atoms with van der Waals surface area (Å²) >= 11 is 3.33. The van der Waals surface area contributed by atoms with E-state index >= 15 is 0 Å². The molecule has 150 valence electrons. The number of aromatic hydroxyl groups is 1. The molecule has 0 aliphatic rings. The van der Waals surface area contributed by atoms with Gasteiger partial charge in [0.2, 0.25) is 0 Å². The van der Waals surface area contributed by atoms with Crippen LogP contribution in [0.15, 0.2) is 77.3 Å². The van der Waals surface area contributed by atoms with Crippen molar-refractivity contribution in [2.45, 2.75) is 6.54 Å². The molecule has 0 unspecified atom stereocenters. The highest BCUT2D eigenvalue weighted by atomic mass is 79.9. The fourth-order valence-corrected chi connectivity index (χ4v) is 3.30. The van der Waals surface area contributed by atoms with Crippen molar-refractivity contribution >= 4 is 22.0 Å². The monoisotopic (exact) mass is 454 g/mol. The van der Waals surface area contributed by atoms with Crippen molar-refractivity contribution < 1.29 is 14.6 Å². The summed E-state index contributed by atoms with van der Waals surface area (Å²) in [5.74, 6) is 0.952. The molecule has 5 nitrogen and oxygen atoms in total. The Morgan fingerprint density at radius 1 is 1.03 bits per heavy atom. The van der Waals surface area contributed by atoms with Gasteiger partial charge in [0.25, 0.3) is 0 Å². The van der Waals surface area contributed by atoms with Crippen LogP contribution in [0, 0.1) is 0 Å². The molecule has 2 amide bonds. The number of ether oxygens (including phenoxy) is 1. The van der Waals surface area contributed by atoms with E-state index in [2.05, 4.69) is 21.2 Å². The summed E-state index contributed by atoms with van der Waals surface area (Å²) in [7, 11) is 1.63. The SMILES string of the molecule is CNC(=O)N(CCOc1ccc(-c2ccc(O)c(Br)c2)cc1)Cc1ccccc1. The first-order valence-corrected chi connectivity index (χ1v) is 10.1. The van der Waals surface area contributed by atoms with Gasteiger partial charge >= 0.3 is 6.03 Å². The Morgan fingerprint density at radius 3 is 2.38 bits per heavy atom. The van der Waals surface area contributed by atoms with E-state index in [9.17, 15) is 9.90 Å². The number of amides is 2. The maximum Gasteiger partial charge on any atom is 0.317 e. The molecule has 0 spiro atoms. The van der Waals surface area contributed by atoms with Gasteiger partial charge in [-0.25, -0.2) is 4.79 Å². The van der Waals surface area contributed by atoms with Crippen LogP contribution in [0.4, 0.5) is 4.79 Å². The van der Waals surface area contributed by atoms with Gasteiger partial charge in [0.05, 0.1) is 11.0 Å². The third-order valence-corrected chi connectivity index (χ3v) is 5.12. The predicted molar refractivity (Wildman–Crippen MR) is 118 cm³/mol. The summed E-state index contributed by atoms with van der Waals surface area (Å²) in [4.78, 5) is 13.9. The molecule has 0 fully saturated rings. The lowest BCUT2D eigenvalue weighted by atomic mass is 10.1. The number of halogens is 1. The van der Waals surface area contributed by atoms with Crippen LogP contribution < -0.4 is 10.1 Å². The summed E-state index contributed by atoms with van der Waals surface area (Å²) in [6.45, 7) is 1.39. The minimum Gasteiger partial charge on any atom is -0.507 e. The molecule has 0 atom stereocenters. The number of carbonyl (C=O) groups is 1. The fraction of sp³-hybridized carbons (Fsp3) is 0.174. The van der Waals surface area contributed by atoms with Crippen molar-refractivity contribution in [3.63, 3.8) is 0 Å². The quantitative estimate of drug-likeness (QED) is 0.525. The second-order valence-electron chi connectivity index (χ2n) is 6.50. The standard InChI is InChI=1S/C23H23BrN2O3/c1-25-23(28)26(16-17-5-3-2-4-6-17)13-14-29-20-10-7-18(8-11-20)19-9-12-22(27)21(24)15-19/h2-12,15,27H,13-14,16H2,1H3,(H,25,28). The van der Waals surface area contributed by atoms with Gasteiger partial charge in [0.1, 0.15) is 18.1 Å². The van der Waals surface area contributed by atoms with Gasteiger partial charge in [-0.05, 0) is 56.9 Å². The molecule has 0 aliphatic heterocycles. The van der Waals surface area contributed by atoms with E-state index < -0.39 is 0 Å². The fourth-order valence-electron chi connectivity index (χ4n) is 2.92. The molecule has 0 radical (unpaired) electrons. The number of hydrogen-bond acceptors (Lipinski definition) is 3. The van der Waals surface area contributed by atoms with Gasteiger partial charge in [0.15, 0.2) is 0 Å². The summed E-state index contributed by atoms with van der Waals surface area (Å²) in [5, 5.41) is 12.3. The molecular formula is C23H23BrN2O3. The second-order valence-corrected chi connectivity index (χ2v) is 7.36. The number of nitrogens with zero attached hydrogens (tertiary/aromatic N) is 1. The molecule has 3 aromatic rings. The number of benzene rings is 3.